The molecule has 8 nitrogen and oxygen atoms in total. The van der Waals surface area contributed by atoms with Crippen LogP contribution in [0.15, 0.2) is 23.4 Å². The summed E-state index contributed by atoms with van der Waals surface area (Å²) in [5.74, 6) is -0.102. The van der Waals surface area contributed by atoms with Gasteiger partial charge >= 0.3 is 0 Å². The summed E-state index contributed by atoms with van der Waals surface area (Å²) >= 11 is 0. The van der Waals surface area contributed by atoms with Crippen molar-refractivity contribution in [2.24, 2.45) is 16.3 Å². The van der Waals surface area contributed by atoms with Crippen LogP contribution in [0.5, 0.6) is 0 Å². The smallest absolute Gasteiger partial charge is 0.292 e. The Morgan fingerprint density at radius 1 is 1.62 bits per heavy atom. The predicted molar refractivity (Wildman–Crippen MR) is 77.6 cm³/mol. The molecular formula is C13H18N4O4. The lowest BCUT2D eigenvalue weighted by Gasteiger charge is -2.26. The third-order valence-corrected chi connectivity index (χ3v) is 3.63. The van der Waals surface area contributed by atoms with Crippen LogP contribution in [0.4, 0.5) is 11.4 Å². The average Bonchev–Trinajstić information content (AvgIpc) is 2.76. The van der Waals surface area contributed by atoms with Crippen molar-refractivity contribution in [3.8, 4) is 0 Å². The highest BCUT2D eigenvalue weighted by atomic mass is 16.6. The van der Waals surface area contributed by atoms with Gasteiger partial charge in [-0.1, -0.05) is 19.0 Å². The van der Waals surface area contributed by atoms with Crippen LogP contribution in [0.3, 0.4) is 0 Å². The first kappa shape index (κ1) is 15.0. The normalized spacial score (nSPS) is 21.2. The number of nitro groups is 1. The molecule has 0 aliphatic carbocycles. The highest BCUT2D eigenvalue weighted by Gasteiger charge is 2.36. The molecule has 4 N–H and O–H groups in total. The van der Waals surface area contributed by atoms with Crippen LogP contribution < -0.4 is 11.1 Å². The van der Waals surface area contributed by atoms with Gasteiger partial charge in [0.1, 0.15) is 5.69 Å². The van der Waals surface area contributed by atoms with E-state index in [0.717, 1.165) is 0 Å². The number of oxime groups is 1. The van der Waals surface area contributed by atoms with E-state index in [-0.39, 0.29) is 23.0 Å². The van der Waals surface area contributed by atoms with Gasteiger partial charge in [0.15, 0.2) is 5.84 Å². The maximum Gasteiger partial charge on any atom is 0.292 e. The number of benzene rings is 1. The number of nitro benzene ring substituents is 1. The first-order valence-electron chi connectivity index (χ1n) is 6.46. The fourth-order valence-electron chi connectivity index (χ4n) is 2.22. The second kappa shape index (κ2) is 5.57. The summed E-state index contributed by atoms with van der Waals surface area (Å²) in [6, 6.07) is 4.22. The molecule has 0 spiro atoms. The molecule has 1 aromatic carbocycles. The zero-order chi connectivity index (χ0) is 15.6. The summed E-state index contributed by atoms with van der Waals surface area (Å²) in [5.41, 5.74) is 6.06. The Hall–Kier alpha value is -2.35. The van der Waals surface area contributed by atoms with Crippen molar-refractivity contribution < 1.29 is 14.9 Å². The van der Waals surface area contributed by atoms with E-state index < -0.39 is 4.92 Å². The van der Waals surface area contributed by atoms with Gasteiger partial charge in [-0.25, -0.2) is 0 Å². The lowest BCUT2D eigenvalue weighted by atomic mass is 9.87. The average molecular weight is 294 g/mol. The molecule has 1 aromatic rings. The van der Waals surface area contributed by atoms with Crippen molar-refractivity contribution in [3.05, 3.63) is 33.9 Å². The van der Waals surface area contributed by atoms with Crippen molar-refractivity contribution in [2.45, 2.75) is 19.9 Å². The molecule has 1 heterocycles. The van der Waals surface area contributed by atoms with Gasteiger partial charge in [-0.05, 0) is 12.1 Å². The van der Waals surface area contributed by atoms with E-state index in [9.17, 15) is 10.1 Å². The molecule has 1 aliphatic rings. The molecule has 0 bridgehead atoms. The van der Waals surface area contributed by atoms with Crippen LogP contribution in [0.2, 0.25) is 0 Å². The van der Waals surface area contributed by atoms with Crippen LogP contribution in [0, 0.1) is 15.5 Å². The SMILES string of the molecule is CC1(C)COC[C@H]1Nc1cc(/C(N)=N/O)ccc1[N+](=O)[O-]. The summed E-state index contributed by atoms with van der Waals surface area (Å²) in [7, 11) is 0. The number of amidine groups is 1. The van der Waals surface area contributed by atoms with Crippen molar-refractivity contribution in [1.29, 1.82) is 0 Å². The second-order valence-electron chi connectivity index (χ2n) is 5.67. The Kier molecular flexibility index (Phi) is 3.99. The third kappa shape index (κ3) is 3.05. The Balaban J connectivity index is 2.37. The molecule has 0 amide bonds. The van der Waals surface area contributed by atoms with Gasteiger partial charge in [0.25, 0.3) is 5.69 Å². The Bertz CT molecular complexity index is 586. The molecule has 0 radical (unpaired) electrons. The summed E-state index contributed by atoms with van der Waals surface area (Å²) in [5, 5.41) is 25.9. The first-order chi connectivity index (χ1) is 9.85. The molecular weight excluding hydrogens is 276 g/mol. The van der Waals surface area contributed by atoms with Gasteiger partial charge in [0.2, 0.25) is 0 Å². The topological polar surface area (TPSA) is 123 Å². The zero-order valence-corrected chi connectivity index (χ0v) is 11.9. The van der Waals surface area contributed by atoms with E-state index in [2.05, 4.69) is 10.5 Å². The molecule has 21 heavy (non-hydrogen) atoms. The van der Waals surface area contributed by atoms with Crippen LogP contribution in [0.25, 0.3) is 0 Å². The molecule has 0 saturated carbocycles. The van der Waals surface area contributed by atoms with E-state index in [1.807, 2.05) is 13.8 Å². The number of hydrogen-bond acceptors (Lipinski definition) is 6. The van der Waals surface area contributed by atoms with Crippen LogP contribution >= 0.6 is 0 Å². The minimum Gasteiger partial charge on any atom is -0.409 e. The van der Waals surface area contributed by atoms with Gasteiger partial charge < -0.3 is 21.0 Å². The van der Waals surface area contributed by atoms with Crippen molar-refractivity contribution in [2.75, 3.05) is 18.5 Å². The van der Waals surface area contributed by atoms with Crippen molar-refractivity contribution >= 4 is 17.2 Å². The maximum atomic E-state index is 11.1. The summed E-state index contributed by atoms with van der Waals surface area (Å²) < 4.78 is 5.42. The molecule has 114 valence electrons. The number of anilines is 1. The quantitative estimate of drug-likeness (QED) is 0.254. The number of hydrogen-bond donors (Lipinski definition) is 3. The van der Waals surface area contributed by atoms with Gasteiger partial charge in [-0.2, -0.15) is 0 Å². The van der Waals surface area contributed by atoms with E-state index in [1.54, 1.807) is 0 Å². The molecule has 1 aliphatic heterocycles. The monoisotopic (exact) mass is 294 g/mol. The summed E-state index contributed by atoms with van der Waals surface area (Å²) in [4.78, 5) is 10.7. The predicted octanol–water partition coefficient (Wildman–Crippen LogP) is 1.53. The van der Waals surface area contributed by atoms with Gasteiger partial charge in [-0.3, -0.25) is 10.1 Å². The molecule has 0 aromatic heterocycles. The Morgan fingerprint density at radius 3 is 2.86 bits per heavy atom. The summed E-state index contributed by atoms with van der Waals surface area (Å²) in [6.45, 7) is 5.10. The van der Waals surface area contributed by atoms with Crippen LogP contribution in [0.1, 0.15) is 19.4 Å². The number of nitrogens with one attached hydrogen (secondary N) is 1. The molecule has 1 fully saturated rings. The summed E-state index contributed by atoms with van der Waals surface area (Å²) in [6.07, 6.45) is 0. The van der Waals surface area contributed by atoms with Gasteiger partial charge in [0.05, 0.1) is 24.2 Å². The Morgan fingerprint density at radius 2 is 2.33 bits per heavy atom. The zero-order valence-electron chi connectivity index (χ0n) is 11.9. The Labute approximate surface area is 121 Å². The molecule has 1 atom stereocenters. The fourth-order valence-corrected chi connectivity index (χ4v) is 2.22. The number of nitrogens with two attached hydrogens (primary N) is 1. The first-order valence-corrected chi connectivity index (χ1v) is 6.46. The minimum absolute atomic E-state index is 0.0567. The van der Waals surface area contributed by atoms with E-state index in [0.29, 0.717) is 24.5 Å². The lowest BCUT2D eigenvalue weighted by molar-refractivity contribution is -0.384. The number of ether oxygens (including phenoxy) is 1. The van der Waals surface area contributed by atoms with E-state index in [1.165, 1.54) is 18.2 Å². The number of nitrogens with zero attached hydrogens (tertiary/aromatic N) is 2. The lowest BCUT2D eigenvalue weighted by Crippen LogP contribution is -2.34. The molecule has 0 unspecified atom stereocenters. The van der Waals surface area contributed by atoms with E-state index in [4.69, 9.17) is 15.7 Å². The van der Waals surface area contributed by atoms with Crippen LogP contribution in [-0.4, -0.2) is 35.2 Å². The van der Waals surface area contributed by atoms with Crippen molar-refractivity contribution in [1.82, 2.24) is 0 Å². The number of rotatable bonds is 4. The molecule has 1 saturated heterocycles. The highest BCUT2D eigenvalue weighted by Crippen LogP contribution is 2.33. The van der Waals surface area contributed by atoms with E-state index >= 15 is 0 Å². The van der Waals surface area contributed by atoms with Crippen LogP contribution in [-0.2, 0) is 4.74 Å². The standard InChI is InChI=1S/C13H18N4O4/c1-13(2)7-21-6-11(13)15-9-5-8(12(14)16-18)3-4-10(9)17(19)20/h3-5,11,15,18H,6-7H2,1-2H3,(H2,14,16)/t11-/m1/s1. The largest absolute Gasteiger partial charge is 0.409 e. The van der Waals surface area contributed by atoms with Gasteiger partial charge in [-0.15, -0.1) is 0 Å². The molecule has 8 heteroatoms. The second-order valence-corrected chi connectivity index (χ2v) is 5.67. The maximum absolute atomic E-state index is 11.1. The van der Waals surface area contributed by atoms with Crippen molar-refractivity contribution in [3.63, 3.8) is 0 Å². The fraction of sp³-hybridized carbons (Fsp3) is 0.462. The highest BCUT2D eigenvalue weighted by molar-refractivity contribution is 5.98. The minimum atomic E-state index is -0.471. The third-order valence-electron chi connectivity index (χ3n) is 3.63. The molecule has 2 rings (SSSR count). The van der Waals surface area contributed by atoms with Gasteiger partial charge in [0, 0.05) is 17.0 Å².